The number of aryl methyl sites for hydroxylation is 1. The van der Waals surface area contributed by atoms with Crippen molar-refractivity contribution in [3.63, 3.8) is 0 Å². The second kappa shape index (κ2) is 6.90. The van der Waals surface area contributed by atoms with E-state index in [1.165, 1.54) is 16.9 Å². The molecule has 4 aromatic rings. The zero-order chi connectivity index (χ0) is 18.1. The van der Waals surface area contributed by atoms with Gasteiger partial charge in [0, 0.05) is 11.2 Å². The highest BCUT2D eigenvalue weighted by Gasteiger charge is 2.12. The first-order valence-electron chi connectivity index (χ1n) is 8.03. The van der Waals surface area contributed by atoms with Crippen molar-refractivity contribution in [2.45, 2.75) is 13.5 Å². The van der Waals surface area contributed by atoms with Crippen molar-refractivity contribution in [2.75, 3.05) is 5.32 Å². The van der Waals surface area contributed by atoms with Gasteiger partial charge in [-0.05, 0) is 36.2 Å². The monoisotopic (exact) mass is 382 g/mol. The standard InChI is InChI=1S/C19H15ClN4OS/c1-12-6-7-16-17(8-12)26-19(22-16)23-18(25)14-9-21-24(11-14)10-13-4-2-3-5-15(13)20/h2-9,11H,10H2,1H3,(H,22,23,25). The van der Waals surface area contributed by atoms with Gasteiger partial charge in [-0.25, -0.2) is 4.98 Å². The van der Waals surface area contributed by atoms with E-state index in [0.717, 1.165) is 15.8 Å². The fourth-order valence-electron chi connectivity index (χ4n) is 2.62. The molecule has 0 saturated carbocycles. The fraction of sp³-hybridized carbons (Fsp3) is 0.105. The maximum absolute atomic E-state index is 12.5. The molecule has 0 bridgehead atoms. The lowest BCUT2D eigenvalue weighted by Gasteiger charge is -2.03. The van der Waals surface area contributed by atoms with E-state index in [1.807, 2.05) is 43.3 Å². The number of thiazole rings is 1. The van der Waals surface area contributed by atoms with Crippen LogP contribution in [0.25, 0.3) is 10.2 Å². The van der Waals surface area contributed by atoms with Gasteiger partial charge in [-0.2, -0.15) is 5.10 Å². The SMILES string of the molecule is Cc1ccc2nc(NC(=O)c3cnn(Cc4ccccc4Cl)c3)sc2c1. The third-order valence-electron chi connectivity index (χ3n) is 3.95. The van der Waals surface area contributed by atoms with Crippen molar-refractivity contribution in [3.05, 3.63) is 76.6 Å². The lowest BCUT2D eigenvalue weighted by Crippen LogP contribution is -2.10. The van der Waals surface area contributed by atoms with E-state index in [1.54, 1.807) is 17.1 Å². The van der Waals surface area contributed by atoms with Gasteiger partial charge in [0.05, 0.1) is 28.5 Å². The number of rotatable bonds is 4. The van der Waals surface area contributed by atoms with Gasteiger partial charge in [0.25, 0.3) is 5.91 Å². The van der Waals surface area contributed by atoms with Gasteiger partial charge < -0.3 is 0 Å². The van der Waals surface area contributed by atoms with Gasteiger partial charge >= 0.3 is 0 Å². The summed E-state index contributed by atoms with van der Waals surface area (Å²) >= 11 is 7.63. The molecule has 0 radical (unpaired) electrons. The van der Waals surface area contributed by atoms with Crippen LogP contribution in [0.2, 0.25) is 5.02 Å². The smallest absolute Gasteiger partial charge is 0.260 e. The average Bonchev–Trinajstić information content (AvgIpc) is 3.23. The van der Waals surface area contributed by atoms with Crippen molar-refractivity contribution < 1.29 is 4.79 Å². The zero-order valence-corrected chi connectivity index (χ0v) is 15.5. The summed E-state index contributed by atoms with van der Waals surface area (Å²) in [7, 11) is 0. The van der Waals surface area contributed by atoms with Crippen molar-refractivity contribution in [1.29, 1.82) is 0 Å². The Kier molecular flexibility index (Phi) is 4.44. The minimum absolute atomic E-state index is 0.230. The van der Waals surface area contributed by atoms with Crippen molar-refractivity contribution in [1.82, 2.24) is 14.8 Å². The molecule has 4 rings (SSSR count). The number of hydrogen-bond acceptors (Lipinski definition) is 4. The lowest BCUT2D eigenvalue weighted by atomic mass is 10.2. The molecular formula is C19H15ClN4OS. The summed E-state index contributed by atoms with van der Waals surface area (Å²) in [6, 6.07) is 13.6. The molecule has 0 spiro atoms. The van der Waals surface area contributed by atoms with Crippen LogP contribution < -0.4 is 5.32 Å². The van der Waals surface area contributed by atoms with Gasteiger partial charge in [-0.15, -0.1) is 0 Å². The number of fused-ring (bicyclic) bond motifs is 1. The van der Waals surface area contributed by atoms with Crippen LogP contribution in [0.1, 0.15) is 21.5 Å². The summed E-state index contributed by atoms with van der Waals surface area (Å²) in [4.78, 5) is 16.9. The topological polar surface area (TPSA) is 59.8 Å². The van der Waals surface area contributed by atoms with E-state index in [-0.39, 0.29) is 5.91 Å². The fourth-order valence-corrected chi connectivity index (χ4v) is 3.78. The number of nitrogens with zero attached hydrogens (tertiary/aromatic N) is 3. The number of halogens is 1. The van der Waals surface area contributed by atoms with Crippen LogP contribution in [0.15, 0.2) is 54.9 Å². The number of aromatic nitrogens is 3. The van der Waals surface area contributed by atoms with Crippen LogP contribution in [0, 0.1) is 6.92 Å². The molecule has 26 heavy (non-hydrogen) atoms. The summed E-state index contributed by atoms with van der Waals surface area (Å²) in [5, 5.41) is 8.35. The summed E-state index contributed by atoms with van der Waals surface area (Å²) in [5.74, 6) is -0.230. The molecule has 0 unspecified atom stereocenters. The van der Waals surface area contributed by atoms with Gasteiger partial charge in [-0.1, -0.05) is 47.2 Å². The number of hydrogen-bond donors (Lipinski definition) is 1. The predicted octanol–water partition coefficient (Wildman–Crippen LogP) is 4.76. The van der Waals surface area contributed by atoms with Gasteiger partial charge in [-0.3, -0.25) is 14.8 Å². The van der Waals surface area contributed by atoms with E-state index < -0.39 is 0 Å². The number of carbonyl (C=O) groups excluding carboxylic acids is 1. The summed E-state index contributed by atoms with van der Waals surface area (Å²) in [6.07, 6.45) is 3.25. The quantitative estimate of drug-likeness (QED) is 0.553. The number of amides is 1. The van der Waals surface area contributed by atoms with Crippen LogP contribution in [-0.2, 0) is 6.54 Å². The molecule has 1 N–H and O–H groups in total. The first kappa shape index (κ1) is 16.8. The second-order valence-corrected chi connectivity index (χ2v) is 7.40. The zero-order valence-electron chi connectivity index (χ0n) is 13.9. The highest BCUT2D eigenvalue weighted by atomic mass is 35.5. The largest absolute Gasteiger partial charge is 0.298 e. The molecule has 0 aliphatic heterocycles. The Morgan fingerprint density at radius 3 is 2.96 bits per heavy atom. The van der Waals surface area contributed by atoms with Crippen LogP contribution in [0.4, 0.5) is 5.13 Å². The second-order valence-electron chi connectivity index (χ2n) is 5.96. The molecule has 2 aromatic carbocycles. The van der Waals surface area contributed by atoms with Crippen LogP contribution >= 0.6 is 22.9 Å². The van der Waals surface area contributed by atoms with Crippen molar-refractivity contribution >= 4 is 44.2 Å². The Morgan fingerprint density at radius 1 is 1.27 bits per heavy atom. The van der Waals surface area contributed by atoms with Crippen LogP contribution in [-0.4, -0.2) is 20.7 Å². The van der Waals surface area contributed by atoms with E-state index in [9.17, 15) is 4.79 Å². The van der Waals surface area contributed by atoms with E-state index in [0.29, 0.717) is 22.3 Å². The van der Waals surface area contributed by atoms with E-state index in [2.05, 4.69) is 21.5 Å². The number of anilines is 1. The first-order valence-corrected chi connectivity index (χ1v) is 9.22. The molecule has 0 aliphatic rings. The molecule has 0 fully saturated rings. The molecule has 130 valence electrons. The molecule has 2 heterocycles. The molecule has 0 atom stereocenters. The number of carbonyl (C=O) groups is 1. The molecular weight excluding hydrogens is 368 g/mol. The third kappa shape index (κ3) is 3.47. The summed E-state index contributed by atoms with van der Waals surface area (Å²) < 4.78 is 2.74. The Labute approximate surface area is 159 Å². The van der Waals surface area contributed by atoms with Crippen molar-refractivity contribution in [3.8, 4) is 0 Å². The number of nitrogens with one attached hydrogen (secondary N) is 1. The van der Waals surface area contributed by atoms with Crippen LogP contribution in [0.3, 0.4) is 0 Å². The minimum Gasteiger partial charge on any atom is -0.298 e. The molecule has 7 heteroatoms. The molecule has 0 aliphatic carbocycles. The number of benzene rings is 2. The van der Waals surface area contributed by atoms with E-state index in [4.69, 9.17) is 11.6 Å². The highest BCUT2D eigenvalue weighted by molar-refractivity contribution is 7.22. The predicted molar refractivity (Wildman–Crippen MR) is 105 cm³/mol. The summed E-state index contributed by atoms with van der Waals surface area (Å²) in [6.45, 7) is 2.54. The van der Waals surface area contributed by atoms with Crippen molar-refractivity contribution in [2.24, 2.45) is 0 Å². The van der Waals surface area contributed by atoms with Crippen LogP contribution in [0.5, 0.6) is 0 Å². The Bertz CT molecular complexity index is 1100. The minimum atomic E-state index is -0.230. The maximum atomic E-state index is 12.5. The Morgan fingerprint density at radius 2 is 2.12 bits per heavy atom. The molecule has 0 saturated heterocycles. The first-order chi connectivity index (χ1) is 12.6. The maximum Gasteiger partial charge on any atom is 0.260 e. The van der Waals surface area contributed by atoms with E-state index >= 15 is 0 Å². The molecule has 1 amide bonds. The normalized spacial score (nSPS) is 11.0. The van der Waals surface area contributed by atoms with Gasteiger partial charge in [0.15, 0.2) is 5.13 Å². The molecule has 5 nitrogen and oxygen atoms in total. The Hall–Kier alpha value is -2.70. The average molecular weight is 383 g/mol. The van der Waals surface area contributed by atoms with Gasteiger partial charge in [0.2, 0.25) is 0 Å². The van der Waals surface area contributed by atoms with Gasteiger partial charge in [0.1, 0.15) is 0 Å². The third-order valence-corrected chi connectivity index (χ3v) is 5.25. The highest BCUT2D eigenvalue weighted by Crippen LogP contribution is 2.27. The molecule has 2 aromatic heterocycles. The Balaban J connectivity index is 1.49. The lowest BCUT2D eigenvalue weighted by molar-refractivity contribution is 0.102. The summed E-state index contributed by atoms with van der Waals surface area (Å²) in [5.41, 5.74) is 3.48.